The fraction of sp³-hybridized carbons (Fsp3) is 0.714. The first-order valence-electron chi connectivity index (χ1n) is 10.5. The third kappa shape index (κ3) is 3.13. The van der Waals surface area contributed by atoms with E-state index in [0.717, 1.165) is 42.8 Å². The summed E-state index contributed by atoms with van der Waals surface area (Å²) in [7, 11) is 0. The van der Waals surface area contributed by atoms with Crippen LogP contribution in [0, 0.1) is 23.2 Å². The van der Waals surface area contributed by atoms with Crippen LogP contribution in [0.4, 0.5) is 4.79 Å². The van der Waals surface area contributed by atoms with Crippen molar-refractivity contribution in [3.8, 4) is 0 Å². The predicted molar refractivity (Wildman–Crippen MR) is 99.7 cm³/mol. The summed E-state index contributed by atoms with van der Waals surface area (Å²) in [6.07, 6.45) is 9.02. The topological polar surface area (TPSA) is 65.8 Å². The van der Waals surface area contributed by atoms with E-state index in [4.69, 9.17) is 4.42 Å². The van der Waals surface area contributed by atoms with Crippen molar-refractivity contribution in [2.45, 2.75) is 45.1 Å². The van der Waals surface area contributed by atoms with Gasteiger partial charge >= 0.3 is 6.03 Å². The van der Waals surface area contributed by atoms with Crippen molar-refractivity contribution in [1.82, 2.24) is 15.1 Å². The molecule has 0 spiro atoms. The molecule has 0 atom stereocenters. The molecule has 6 nitrogen and oxygen atoms in total. The van der Waals surface area contributed by atoms with Crippen LogP contribution in [0.5, 0.6) is 0 Å². The monoisotopic (exact) mass is 371 g/mol. The average Bonchev–Trinajstić information content (AvgIpc) is 3.18. The van der Waals surface area contributed by atoms with Crippen LogP contribution in [-0.4, -0.2) is 47.9 Å². The Morgan fingerprint density at radius 2 is 1.59 bits per heavy atom. The van der Waals surface area contributed by atoms with Gasteiger partial charge < -0.3 is 19.5 Å². The van der Waals surface area contributed by atoms with Gasteiger partial charge in [0, 0.05) is 26.2 Å². The van der Waals surface area contributed by atoms with Crippen molar-refractivity contribution < 1.29 is 14.0 Å². The number of piperazine rings is 1. The number of carbonyl (C=O) groups excluding carboxylic acids is 2. The molecule has 146 valence electrons. The molecule has 6 heteroatoms. The van der Waals surface area contributed by atoms with E-state index in [1.165, 1.54) is 19.3 Å². The van der Waals surface area contributed by atoms with E-state index in [9.17, 15) is 9.59 Å². The molecule has 5 fully saturated rings. The second-order valence-electron chi connectivity index (χ2n) is 9.22. The Morgan fingerprint density at radius 1 is 1.00 bits per heavy atom. The lowest BCUT2D eigenvalue weighted by Crippen LogP contribution is -2.59. The molecule has 0 radical (unpaired) electrons. The summed E-state index contributed by atoms with van der Waals surface area (Å²) in [5.41, 5.74) is -0.0710. The van der Waals surface area contributed by atoms with Crippen molar-refractivity contribution >= 4 is 11.9 Å². The SMILES string of the molecule is O=C(NCc1ccco1)N1CCN(C(=O)C23CC4CC(CC(C4)C2)C3)CC1. The zero-order chi connectivity index (χ0) is 18.4. The molecule has 1 aromatic heterocycles. The number of rotatable bonds is 3. The van der Waals surface area contributed by atoms with Crippen LogP contribution in [0.1, 0.15) is 44.3 Å². The molecule has 2 heterocycles. The smallest absolute Gasteiger partial charge is 0.317 e. The number of amides is 3. The van der Waals surface area contributed by atoms with E-state index in [1.54, 1.807) is 6.26 Å². The zero-order valence-electron chi connectivity index (χ0n) is 15.9. The van der Waals surface area contributed by atoms with Crippen LogP contribution in [0.3, 0.4) is 0 Å². The van der Waals surface area contributed by atoms with Crippen molar-refractivity contribution in [2.24, 2.45) is 23.2 Å². The summed E-state index contributed by atoms with van der Waals surface area (Å²) >= 11 is 0. The quantitative estimate of drug-likeness (QED) is 0.888. The number of hydrogen-bond donors (Lipinski definition) is 1. The first-order chi connectivity index (χ1) is 13.1. The van der Waals surface area contributed by atoms with Crippen molar-refractivity contribution in [1.29, 1.82) is 0 Å². The molecule has 6 rings (SSSR count). The van der Waals surface area contributed by atoms with Gasteiger partial charge in [-0.2, -0.15) is 0 Å². The van der Waals surface area contributed by atoms with Crippen LogP contribution < -0.4 is 5.32 Å². The molecule has 5 aliphatic rings. The summed E-state index contributed by atoms with van der Waals surface area (Å²) in [6.45, 7) is 2.95. The maximum absolute atomic E-state index is 13.4. The Morgan fingerprint density at radius 3 is 2.15 bits per heavy atom. The molecular weight excluding hydrogens is 342 g/mol. The zero-order valence-corrected chi connectivity index (χ0v) is 15.9. The largest absolute Gasteiger partial charge is 0.467 e. The molecule has 4 bridgehead atoms. The van der Waals surface area contributed by atoms with Gasteiger partial charge in [-0.25, -0.2) is 4.79 Å². The number of urea groups is 1. The van der Waals surface area contributed by atoms with Crippen molar-refractivity contribution in [3.63, 3.8) is 0 Å². The molecule has 1 aliphatic heterocycles. The first kappa shape index (κ1) is 17.1. The standard InChI is InChI=1S/C21H29N3O3/c25-19(21-11-15-8-16(12-21)10-17(9-15)13-21)23-3-5-24(6-4-23)20(26)22-14-18-2-1-7-27-18/h1-2,7,15-17H,3-6,8-14H2,(H,22,26). The average molecular weight is 371 g/mol. The maximum Gasteiger partial charge on any atom is 0.317 e. The fourth-order valence-corrected chi connectivity index (χ4v) is 6.51. The molecule has 1 aromatic rings. The van der Waals surface area contributed by atoms with Gasteiger partial charge in [0.2, 0.25) is 5.91 Å². The Kier molecular flexibility index (Phi) is 4.17. The highest BCUT2D eigenvalue weighted by Gasteiger charge is 2.55. The van der Waals surface area contributed by atoms with E-state index in [1.807, 2.05) is 21.9 Å². The summed E-state index contributed by atoms with van der Waals surface area (Å²) in [5.74, 6) is 3.49. The molecule has 4 saturated carbocycles. The van der Waals surface area contributed by atoms with Gasteiger partial charge in [0.15, 0.2) is 0 Å². The second-order valence-corrected chi connectivity index (χ2v) is 9.22. The number of nitrogens with zero attached hydrogens (tertiary/aromatic N) is 2. The second kappa shape index (κ2) is 6.57. The van der Waals surface area contributed by atoms with Crippen molar-refractivity contribution in [2.75, 3.05) is 26.2 Å². The van der Waals surface area contributed by atoms with Gasteiger partial charge in [-0.15, -0.1) is 0 Å². The molecule has 0 aromatic carbocycles. The van der Waals surface area contributed by atoms with Crippen molar-refractivity contribution in [3.05, 3.63) is 24.2 Å². The molecule has 0 unspecified atom stereocenters. The van der Waals surface area contributed by atoms with E-state index in [-0.39, 0.29) is 11.4 Å². The summed E-state index contributed by atoms with van der Waals surface area (Å²) in [5, 5.41) is 2.90. The van der Waals surface area contributed by atoms with Gasteiger partial charge in [-0.1, -0.05) is 0 Å². The third-order valence-electron chi connectivity index (χ3n) is 7.34. The highest BCUT2D eigenvalue weighted by atomic mass is 16.3. The van der Waals surface area contributed by atoms with Gasteiger partial charge in [-0.3, -0.25) is 4.79 Å². The van der Waals surface area contributed by atoms with Gasteiger partial charge in [0.05, 0.1) is 18.2 Å². The lowest BCUT2D eigenvalue weighted by atomic mass is 9.49. The normalized spacial score (nSPS) is 34.7. The Balaban J connectivity index is 1.16. The highest BCUT2D eigenvalue weighted by Crippen LogP contribution is 2.60. The van der Waals surface area contributed by atoms with Crippen LogP contribution >= 0.6 is 0 Å². The number of furan rings is 1. The van der Waals surface area contributed by atoms with Crippen LogP contribution in [0.2, 0.25) is 0 Å². The van der Waals surface area contributed by atoms with E-state index in [0.29, 0.717) is 38.6 Å². The van der Waals surface area contributed by atoms with Gasteiger partial charge in [-0.05, 0) is 68.4 Å². The predicted octanol–water partition coefficient (Wildman–Crippen LogP) is 2.85. The van der Waals surface area contributed by atoms with Gasteiger partial charge in [0.25, 0.3) is 0 Å². The number of nitrogens with one attached hydrogen (secondary N) is 1. The first-order valence-corrected chi connectivity index (χ1v) is 10.5. The van der Waals surface area contributed by atoms with Crippen LogP contribution in [0.15, 0.2) is 22.8 Å². The number of carbonyl (C=O) groups is 2. The van der Waals surface area contributed by atoms with E-state index in [2.05, 4.69) is 5.32 Å². The van der Waals surface area contributed by atoms with Crippen LogP contribution in [0.25, 0.3) is 0 Å². The Hall–Kier alpha value is -1.98. The lowest BCUT2D eigenvalue weighted by Gasteiger charge is -2.57. The van der Waals surface area contributed by atoms with E-state index < -0.39 is 0 Å². The Bertz CT molecular complexity index is 671. The van der Waals surface area contributed by atoms with E-state index >= 15 is 0 Å². The summed E-state index contributed by atoms with van der Waals surface area (Å²) < 4.78 is 5.25. The molecule has 3 amide bonds. The minimum Gasteiger partial charge on any atom is -0.467 e. The highest BCUT2D eigenvalue weighted by molar-refractivity contribution is 5.84. The number of hydrogen-bond acceptors (Lipinski definition) is 3. The van der Waals surface area contributed by atoms with Gasteiger partial charge in [0.1, 0.15) is 5.76 Å². The molecule has 1 N–H and O–H groups in total. The summed E-state index contributed by atoms with van der Waals surface area (Å²) in [6, 6.07) is 3.59. The lowest BCUT2D eigenvalue weighted by molar-refractivity contribution is -0.159. The summed E-state index contributed by atoms with van der Waals surface area (Å²) in [4.78, 5) is 29.6. The molecule has 1 saturated heterocycles. The maximum atomic E-state index is 13.4. The fourth-order valence-electron chi connectivity index (χ4n) is 6.51. The third-order valence-corrected chi connectivity index (χ3v) is 7.34. The minimum atomic E-state index is -0.0756. The molecule has 4 aliphatic carbocycles. The van der Waals surface area contributed by atoms with Crippen LogP contribution in [-0.2, 0) is 11.3 Å². The molecular formula is C21H29N3O3. The minimum absolute atomic E-state index is 0.0710. The molecule has 27 heavy (non-hydrogen) atoms. The Labute approximate surface area is 160 Å².